The van der Waals surface area contributed by atoms with Crippen LogP contribution >= 0.6 is 0 Å². The fourth-order valence-corrected chi connectivity index (χ4v) is 1.09. The molecule has 0 heterocycles. The predicted octanol–water partition coefficient (Wildman–Crippen LogP) is -0.336. The highest BCUT2D eigenvalue weighted by Gasteiger charge is 2.01. The van der Waals surface area contributed by atoms with E-state index >= 15 is 0 Å². The first kappa shape index (κ1) is 11.0. The van der Waals surface area contributed by atoms with Crippen molar-refractivity contribution in [1.82, 2.24) is 9.21 Å². The Morgan fingerprint density at radius 3 is 2.18 bits per heavy atom. The summed E-state index contributed by atoms with van der Waals surface area (Å²) in [5, 5.41) is 0. The van der Waals surface area contributed by atoms with Gasteiger partial charge in [-0.15, -0.1) is 0 Å². The topological polar surface area (TPSA) is 46.6 Å². The summed E-state index contributed by atoms with van der Waals surface area (Å²) in [6.45, 7) is 3.71. The summed E-state index contributed by atoms with van der Waals surface area (Å²) in [4.78, 5) is 1.95. The molecule has 0 radical (unpaired) electrons. The fourth-order valence-electron chi connectivity index (χ4n) is 0.650. The molecule has 0 bridgehead atoms. The molecule has 0 aliphatic carbocycles. The lowest BCUT2D eigenvalue weighted by Gasteiger charge is -2.23. The molecule has 0 saturated carbocycles. The monoisotopic (exact) mass is 179 g/mol. The Hall–Kier alpha value is 0.0300. The molecule has 5 heteroatoms. The highest BCUT2D eigenvalue weighted by molar-refractivity contribution is 7.76. The summed E-state index contributed by atoms with van der Waals surface area (Å²) in [6, 6.07) is 0. The van der Waals surface area contributed by atoms with Gasteiger partial charge in [-0.2, -0.15) is 0 Å². The largest absolute Gasteiger partial charge is 0.760 e. The molecule has 0 rings (SSSR count). The number of likely N-dealkylation sites (N-methyl/N-ethyl adjacent to an activating group) is 2. The molecule has 1 unspecified atom stereocenters. The average molecular weight is 179 g/mol. The molecule has 0 spiro atoms. The van der Waals surface area contributed by atoms with Gasteiger partial charge in [0.05, 0.1) is 0 Å². The maximum Gasteiger partial charge on any atom is 0.0229 e. The van der Waals surface area contributed by atoms with Crippen LogP contribution in [0.3, 0.4) is 0 Å². The Kier molecular flexibility index (Phi) is 5.67. The molecule has 0 fully saturated rings. The second-order valence-electron chi connectivity index (χ2n) is 2.54. The molecular weight excluding hydrogens is 164 g/mol. The first-order valence-electron chi connectivity index (χ1n) is 3.57. The summed E-state index contributed by atoms with van der Waals surface area (Å²) in [5.41, 5.74) is 0. The predicted molar refractivity (Wildman–Crippen MR) is 44.7 cm³/mol. The SMILES string of the molecule is CCN(CCN(C)C)S(=O)[O-]. The van der Waals surface area contributed by atoms with Crippen molar-refractivity contribution >= 4 is 11.3 Å². The Morgan fingerprint density at radius 2 is 1.91 bits per heavy atom. The molecule has 0 saturated heterocycles. The minimum atomic E-state index is -2.06. The quantitative estimate of drug-likeness (QED) is 0.543. The zero-order valence-electron chi connectivity index (χ0n) is 7.24. The third kappa shape index (κ3) is 5.32. The Morgan fingerprint density at radius 1 is 1.36 bits per heavy atom. The van der Waals surface area contributed by atoms with Gasteiger partial charge in [0.15, 0.2) is 0 Å². The van der Waals surface area contributed by atoms with Crippen LogP contribution in [0, 0.1) is 0 Å². The zero-order chi connectivity index (χ0) is 8.85. The minimum absolute atomic E-state index is 0.546. The van der Waals surface area contributed by atoms with Crippen molar-refractivity contribution in [3.05, 3.63) is 0 Å². The molecular formula is C6H15N2O2S-. The van der Waals surface area contributed by atoms with Gasteiger partial charge in [-0.1, -0.05) is 6.92 Å². The molecule has 0 aromatic carbocycles. The summed E-state index contributed by atoms with van der Waals surface area (Å²) in [6.07, 6.45) is 0. The lowest BCUT2D eigenvalue weighted by atomic mass is 10.5. The van der Waals surface area contributed by atoms with Gasteiger partial charge in [-0.3, -0.25) is 4.21 Å². The highest BCUT2D eigenvalue weighted by atomic mass is 32.2. The number of nitrogens with zero attached hydrogens (tertiary/aromatic N) is 2. The molecule has 11 heavy (non-hydrogen) atoms. The van der Waals surface area contributed by atoms with E-state index in [-0.39, 0.29) is 0 Å². The molecule has 0 aromatic heterocycles. The van der Waals surface area contributed by atoms with E-state index in [0.717, 1.165) is 6.54 Å². The summed E-state index contributed by atoms with van der Waals surface area (Å²) < 4.78 is 22.3. The summed E-state index contributed by atoms with van der Waals surface area (Å²) in [5.74, 6) is 0. The van der Waals surface area contributed by atoms with Crippen LogP contribution in [0.15, 0.2) is 0 Å². The molecule has 0 aliphatic heterocycles. The van der Waals surface area contributed by atoms with Crippen LogP contribution < -0.4 is 0 Å². The van der Waals surface area contributed by atoms with Crippen molar-refractivity contribution in [2.24, 2.45) is 0 Å². The Labute approximate surface area is 70.6 Å². The Bertz CT molecular complexity index is 130. The van der Waals surface area contributed by atoms with Crippen LogP contribution in [0.4, 0.5) is 0 Å². The highest BCUT2D eigenvalue weighted by Crippen LogP contribution is 1.90. The summed E-state index contributed by atoms with van der Waals surface area (Å²) >= 11 is -2.06. The van der Waals surface area contributed by atoms with Crippen LogP contribution in [-0.2, 0) is 11.3 Å². The van der Waals surface area contributed by atoms with E-state index < -0.39 is 11.3 Å². The van der Waals surface area contributed by atoms with E-state index in [0.29, 0.717) is 13.1 Å². The third-order valence-corrected chi connectivity index (χ3v) is 2.22. The first-order chi connectivity index (χ1) is 5.07. The van der Waals surface area contributed by atoms with E-state index in [2.05, 4.69) is 0 Å². The van der Waals surface area contributed by atoms with Crippen LogP contribution in [0.1, 0.15) is 6.92 Å². The van der Waals surface area contributed by atoms with Gasteiger partial charge >= 0.3 is 0 Å². The zero-order valence-corrected chi connectivity index (χ0v) is 8.06. The molecule has 0 amide bonds. The van der Waals surface area contributed by atoms with Crippen molar-refractivity contribution in [3.63, 3.8) is 0 Å². The van der Waals surface area contributed by atoms with Gasteiger partial charge < -0.3 is 9.45 Å². The second-order valence-corrected chi connectivity index (χ2v) is 3.49. The lowest BCUT2D eigenvalue weighted by Crippen LogP contribution is -2.32. The molecule has 0 aliphatic rings. The minimum Gasteiger partial charge on any atom is -0.760 e. The molecule has 68 valence electrons. The average Bonchev–Trinajstić information content (AvgIpc) is 1.87. The maximum atomic E-state index is 10.5. The first-order valence-corrected chi connectivity index (χ1v) is 4.60. The van der Waals surface area contributed by atoms with Crippen LogP contribution in [0.2, 0.25) is 0 Å². The number of hydrogen-bond acceptors (Lipinski definition) is 3. The number of rotatable bonds is 5. The smallest absolute Gasteiger partial charge is 0.0229 e. The van der Waals surface area contributed by atoms with Gasteiger partial charge in [0, 0.05) is 30.9 Å². The van der Waals surface area contributed by atoms with Crippen molar-refractivity contribution in [1.29, 1.82) is 0 Å². The summed E-state index contributed by atoms with van der Waals surface area (Å²) in [7, 11) is 3.84. The van der Waals surface area contributed by atoms with E-state index in [1.54, 1.807) is 0 Å². The van der Waals surface area contributed by atoms with Gasteiger partial charge in [0.1, 0.15) is 0 Å². The van der Waals surface area contributed by atoms with Gasteiger partial charge in [-0.05, 0) is 14.1 Å². The molecule has 4 nitrogen and oxygen atoms in total. The number of hydrogen-bond donors (Lipinski definition) is 0. The van der Waals surface area contributed by atoms with E-state index in [4.69, 9.17) is 0 Å². The van der Waals surface area contributed by atoms with Gasteiger partial charge in [0.2, 0.25) is 0 Å². The van der Waals surface area contributed by atoms with Crippen LogP contribution in [0.5, 0.6) is 0 Å². The van der Waals surface area contributed by atoms with Gasteiger partial charge in [0.25, 0.3) is 0 Å². The normalized spacial score (nSPS) is 14.4. The van der Waals surface area contributed by atoms with Crippen molar-refractivity contribution in [2.75, 3.05) is 33.7 Å². The van der Waals surface area contributed by atoms with Crippen molar-refractivity contribution in [3.8, 4) is 0 Å². The van der Waals surface area contributed by atoms with E-state index in [9.17, 15) is 8.76 Å². The lowest BCUT2D eigenvalue weighted by molar-refractivity contribution is 0.332. The van der Waals surface area contributed by atoms with Crippen LogP contribution in [0.25, 0.3) is 0 Å². The second kappa shape index (κ2) is 5.65. The van der Waals surface area contributed by atoms with Gasteiger partial charge in [-0.25, -0.2) is 4.31 Å². The van der Waals surface area contributed by atoms with Crippen molar-refractivity contribution in [2.45, 2.75) is 6.92 Å². The molecule has 0 N–H and O–H groups in total. The fraction of sp³-hybridized carbons (Fsp3) is 1.00. The molecule has 1 atom stereocenters. The van der Waals surface area contributed by atoms with Crippen LogP contribution in [-0.4, -0.2) is 51.7 Å². The molecule has 0 aromatic rings. The van der Waals surface area contributed by atoms with E-state index in [1.165, 1.54) is 4.31 Å². The maximum absolute atomic E-state index is 10.5. The Balaban J connectivity index is 3.61. The standard InChI is InChI=1S/C6H16N2O2S/c1-4-8(11(9)10)6-5-7(2)3/h4-6H2,1-3H3,(H,9,10)/p-1. The van der Waals surface area contributed by atoms with Crippen molar-refractivity contribution < 1.29 is 8.76 Å². The third-order valence-electron chi connectivity index (χ3n) is 1.36. The van der Waals surface area contributed by atoms with E-state index in [1.807, 2.05) is 25.9 Å².